The summed E-state index contributed by atoms with van der Waals surface area (Å²) >= 11 is 0. The molecule has 0 aliphatic heterocycles. The van der Waals surface area contributed by atoms with Gasteiger partial charge in [0.25, 0.3) is 0 Å². The van der Waals surface area contributed by atoms with Crippen LogP contribution in [0.15, 0.2) is 12.7 Å². The number of amides is 2. The Morgan fingerprint density at radius 3 is 2.79 bits per heavy atom. The fraction of sp³-hybridized carbons (Fsp3) is 0.556. The van der Waals surface area contributed by atoms with Crippen molar-refractivity contribution in [3.63, 3.8) is 0 Å². The summed E-state index contributed by atoms with van der Waals surface area (Å²) in [7, 11) is 0. The van der Waals surface area contributed by atoms with E-state index in [2.05, 4.69) is 11.9 Å². The Morgan fingerprint density at radius 2 is 2.21 bits per heavy atom. The minimum Gasteiger partial charge on any atom is -0.466 e. The van der Waals surface area contributed by atoms with Crippen LogP contribution >= 0.6 is 0 Å². The lowest BCUT2D eigenvalue weighted by molar-refractivity contribution is -0.143. The number of primary amides is 1. The Hall–Kier alpha value is -1.52. The summed E-state index contributed by atoms with van der Waals surface area (Å²) in [4.78, 5) is 21.1. The van der Waals surface area contributed by atoms with Crippen molar-refractivity contribution in [1.82, 2.24) is 5.32 Å². The maximum atomic E-state index is 10.9. The summed E-state index contributed by atoms with van der Waals surface area (Å²) in [6.45, 7) is 4.22. The molecule has 0 aliphatic rings. The number of allylic oxidation sites excluding steroid dienone is 1. The van der Waals surface area contributed by atoms with Crippen molar-refractivity contribution in [2.24, 2.45) is 5.73 Å². The van der Waals surface area contributed by atoms with Gasteiger partial charge in [0.2, 0.25) is 0 Å². The van der Waals surface area contributed by atoms with Crippen molar-refractivity contribution < 1.29 is 14.3 Å². The molecule has 0 saturated heterocycles. The molecule has 0 aromatic carbocycles. The Morgan fingerprint density at radius 1 is 1.50 bits per heavy atom. The molecule has 5 nitrogen and oxygen atoms in total. The standard InChI is InChI=1S/C9H16N2O3/c1-2-3-5-8(12)14-7-4-6-11-9(10)13/h2H,1,3-7H2,(H3,10,11,13). The average molecular weight is 200 g/mol. The molecule has 3 N–H and O–H groups in total. The second-order valence-electron chi connectivity index (χ2n) is 2.69. The third kappa shape index (κ3) is 8.58. The van der Waals surface area contributed by atoms with Crippen LogP contribution in [0.2, 0.25) is 0 Å². The Labute approximate surface area is 83.3 Å². The first-order valence-electron chi connectivity index (χ1n) is 4.46. The number of rotatable bonds is 7. The number of carbonyl (C=O) groups is 2. The molecular weight excluding hydrogens is 184 g/mol. The van der Waals surface area contributed by atoms with E-state index in [0.29, 0.717) is 32.4 Å². The van der Waals surface area contributed by atoms with E-state index in [-0.39, 0.29) is 5.97 Å². The number of nitrogens with one attached hydrogen (secondary N) is 1. The lowest BCUT2D eigenvalue weighted by Crippen LogP contribution is -2.30. The average Bonchev–Trinajstić information content (AvgIpc) is 2.13. The number of carbonyl (C=O) groups excluding carboxylic acids is 2. The predicted molar refractivity (Wildman–Crippen MR) is 52.6 cm³/mol. The van der Waals surface area contributed by atoms with Crippen LogP contribution in [0, 0.1) is 0 Å². The van der Waals surface area contributed by atoms with Crippen molar-refractivity contribution in [2.45, 2.75) is 19.3 Å². The van der Waals surface area contributed by atoms with Crippen molar-refractivity contribution in [2.75, 3.05) is 13.2 Å². The molecule has 0 radical (unpaired) electrons. The molecule has 2 amide bonds. The monoisotopic (exact) mass is 200 g/mol. The first-order valence-corrected chi connectivity index (χ1v) is 4.46. The topological polar surface area (TPSA) is 81.4 Å². The molecule has 0 aliphatic carbocycles. The van der Waals surface area contributed by atoms with Crippen LogP contribution in [0.3, 0.4) is 0 Å². The lowest BCUT2D eigenvalue weighted by atomic mass is 10.3. The second-order valence-corrected chi connectivity index (χ2v) is 2.69. The minimum atomic E-state index is -0.567. The molecule has 0 saturated carbocycles. The largest absolute Gasteiger partial charge is 0.466 e. The van der Waals surface area contributed by atoms with Gasteiger partial charge in [0.1, 0.15) is 0 Å². The van der Waals surface area contributed by atoms with E-state index in [1.54, 1.807) is 6.08 Å². The highest BCUT2D eigenvalue weighted by molar-refractivity contribution is 5.71. The molecule has 0 fully saturated rings. The van der Waals surface area contributed by atoms with Crippen LogP contribution in [0.1, 0.15) is 19.3 Å². The van der Waals surface area contributed by atoms with E-state index in [4.69, 9.17) is 10.5 Å². The molecule has 0 rings (SSSR count). The summed E-state index contributed by atoms with van der Waals surface area (Å²) < 4.78 is 4.85. The van der Waals surface area contributed by atoms with Gasteiger partial charge >= 0.3 is 12.0 Å². The Bertz CT molecular complexity index is 204. The van der Waals surface area contributed by atoms with Crippen molar-refractivity contribution >= 4 is 12.0 Å². The van der Waals surface area contributed by atoms with Gasteiger partial charge < -0.3 is 15.8 Å². The summed E-state index contributed by atoms with van der Waals surface area (Å²) in [6.07, 6.45) is 3.21. The van der Waals surface area contributed by atoms with Crippen LogP contribution in [0.4, 0.5) is 4.79 Å². The van der Waals surface area contributed by atoms with Crippen molar-refractivity contribution in [3.05, 3.63) is 12.7 Å². The van der Waals surface area contributed by atoms with Crippen LogP contribution in [0.25, 0.3) is 0 Å². The lowest BCUT2D eigenvalue weighted by Gasteiger charge is -2.03. The number of urea groups is 1. The SMILES string of the molecule is C=CCCC(=O)OCCCNC(N)=O. The smallest absolute Gasteiger partial charge is 0.312 e. The first kappa shape index (κ1) is 12.5. The molecule has 0 bridgehead atoms. The van der Waals surface area contributed by atoms with Crippen LogP contribution in [-0.2, 0) is 9.53 Å². The molecule has 0 aromatic rings. The zero-order valence-corrected chi connectivity index (χ0v) is 8.12. The molecule has 5 heteroatoms. The van der Waals surface area contributed by atoms with Crippen molar-refractivity contribution in [1.29, 1.82) is 0 Å². The van der Waals surface area contributed by atoms with E-state index in [9.17, 15) is 9.59 Å². The van der Waals surface area contributed by atoms with E-state index in [1.165, 1.54) is 0 Å². The Kier molecular flexibility index (Phi) is 7.22. The van der Waals surface area contributed by atoms with Gasteiger partial charge in [-0.3, -0.25) is 4.79 Å². The number of hydrogen-bond donors (Lipinski definition) is 2. The summed E-state index contributed by atoms with van der Waals surface area (Å²) in [5.74, 6) is -0.246. The third-order valence-electron chi connectivity index (χ3n) is 1.44. The molecule has 0 unspecified atom stereocenters. The zero-order chi connectivity index (χ0) is 10.8. The maximum Gasteiger partial charge on any atom is 0.312 e. The highest BCUT2D eigenvalue weighted by atomic mass is 16.5. The van der Waals surface area contributed by atoms with E-state index in [1.807, 2.05) is 0 Å². The second kappa shape index (κ2) is 8.10. The maximum absolute atomic E-state index is 10.9. The number of esters is 1. The fourth-order valence-electron chi connectivity index (χ4n) is 0.762. The summed E-state index contributed by atoms with van der Waals surface area (Å²) in [5.41, 5.74) is 4.83. The Balaban J connectivity index is 3.22. The number of ether oxygens (including phenoxy) is 1. The minimum absolute atomic E-state index is 0.246. The van der Waals surface area contributed by atoms with E-state index >= 15 is 0 Å². The zero-order valence-electron chi connectivity index (χ0n) is 8.12. The molecule has 0 aromatic heterocycles. The third-order valence-corrected chi connectivity index (χ3v) is 1.44. The normalized spacial score (nSPS) is 9.14. The highest BCUT2D eigenvalue weighted by Gasteiger charge is 2.00. The van der Waals surface area contributed by atoms with E-state index < -0.39 is 6.03 Å². The van der Waals surface area contributed by atoms with Gasteiger partial charge in [-0.2, -0.15) is 0 Å². The number of nitrogens with two attached hydrogens (primary N) is 1. The van der Waals surface area contributed by atoms with Gasteiger partial charge in [-0.25, -0.2) is 4.79 Å². The quantitative estimate of drug-likeness (QED) is 0.358. The van der Waals surface area contributed by atoms with Gasteiger partial charge in [-0.1, -0.05) is 6.08 Å². The summed E-state index contributed by atoms with van der Waals surface area (Å²) in [6, 6.07) is -0.567. The molecular formula is C9H16N2O3. The van der Waals surface area contributed by atoms with Crippen LogP contribution in [-0.4, -0.2) is 25.2 Å². The van der Waals surface area contributed by atoms with Gasteiger partial charge in [-0.05, 0) is 12.8 Å². The van der Waals surface area contributed by atoms with Gasteiger partial charge in [-0.15, -0.1) is 6.58 Å². The first-order chi connectivity index (χ1) is 6.66. The number of hydrogen-bond acceptors (Lipinski definition) is 3. The van der Waals surface area contributed by atoms with Crippen molar-refractivity contribution in [3.8, 4) is 0 Å². The highest BCUT2D eigenvalue weighted by Crippen LogP contribution is 1.93. The van der Waals surface area contributed by atoms with Gasteiger partial charge in [0, 0.05) is 13.0 Å². The van der Waals surface area contributed by atoms with Crippen LogP contribution in [0.5, 0.6) is 0 Å². The molecule has 0 heterocycles. The predicted octanol–water partition coefficient (Wildman–Crippen LogP) is 0.554. The van der Waals surface area contributed by atoms with Gasteiger partial charge in [0.05, 0.1) is 6.61 Å². The summed E-state index contributed by atoms with van der Waals surface area (Å²) in [5, 5.41) is 2.39. The molecule has 14 heavy (non-hydrogen) atoms. The molecule has 0 atom stereocenters. The van der Waals surface area contributed by atoms with E-state index in [0.717, 1.165) is 0 Å². The fourth-order valence-corrected chi connectivity index (χ4v) is 0.762. The molecule has 0 spiro atoms. The van der Waals surface area contributed by atoms with Crippen LogP contribution < -0.4 is 11.1 Å². The molecule has 80 valence electrons. The van der Waals surface area contributed by atoms with Gasteiger partial charge in [0.15, 0.2) is 0 Å².